The van der Waals surface area contributed by atoms with Gasteiger partial charge in [-0.2, -0.15) is 0 Å². The molecule has 0 unspecified atom stereocenters. The summed E-state index contributed by atoms with van der Waals surface area (Å²) in [5, 5.41) is 7.84. The van der Waals surface area contributed by atoms with Gasteiger partial charge in [-0.25, -0.2) is 0 Å². The maximum absolute atomic E-state index is 2.49. The molecule has 54 heavy (non-hydrogen) atoms. The quantitative estimate of drug-likeness (QED) is 0.162. The highest BCUT2D eigenvalue weighted by atomic mass is 14.4. The van der Waals surface area contributed by atoms with Crippen molar-refractivity contribution in [2.45, 2.75) is 38.5 Å². The molecule has 0 radical (unpaired) electrons. The Morgan fingerprint density at radius 2 is 0.778 bits per heavy atom. The Hall–Kier alpha value is -6.24. The first-order chi connectivity index (χ1) is 26.3. The zero-order chi connectivity index (χ0) is 36.3. The SMILES string of the molecule is CC1(C)c2cc(-c3ccc4c(c3)-c3ccc5ccccc5c3C4(C)C)ccc2-c2ccc(-c3c4ccccc4c(-c4ccccc4)c4ccccc34)cc21. The lowest BCUT2D eigenvalue weighted by Crippen LogP contribution is -2.15. The molecule has 11 rings (SSSR count). The first-order valence-electron chi connectivity index (χ1n) is 19.3. The van der Waals surface area contributed by atoms with Gasteiger partial charge in [-0.1, -0.05) is 179 Å². The predicted molar refractivity (Wildman–Crippen MR) is 230 cm³/mol. The average molecular weight is 689 g/mol. The van der Waals surface area contributed by atoms with Crippen molar-refractivity contribution in [2.24, 2.45) is 0 Å². The Balaban J connectivity index is 1.04. The monoisotopic (exact) mass is 688 g/mol. The molecule has 0 amide bonds. The van der Waals surface area contributed by atoms with Crippen LogP contribution in [-0.2, 0) is 10.8 Å². The van der Waals surface area contributed by atoms with Gasteiger partial charge in [-0.05, 0) is 128 Å². The molecule has 0 bridgehead atoms. The molecule has 0 heterocycles. The molecule has 0 saturated carbocycles. The summed E-state index contributed by atoms with van der Waals surface area (Å²) in [5.41, 5.74) is 18.6. The van der Waals surface area contributed by atoms with E-state index in [-0.39, 0.29) is 10.8 Å². The Morgan fingerprint density at radius 1 is 0.296 bits per heavy atom. The zero-order valence-corrected chi connectivity index (χ0v) is 31.2. The fraction of sp³-hybridized carbons (Fsp3) is 0.111. The van der Waals surface area contributed by atoms with Crippen molar-refractivity contribution in [3.05, 3.63) is 192 Å². The molecule has 0 fully saturated rings. The highest BCUT2D eigenvalue weighted by Crippen LogP contribution is 2.54. The molecule has 0 saturated heterocycles. The zero-order valence-electron chi connectivity index (χ0n) is 31.2. The maximum Gasteiger partial charge on any atom is 0.0165 e. The summed E-state index contributed by atoms with van der Waals surface area (Å²) in [5.74, 6) is 0. The van der Waals surface area contributed by atoms with E-state index >= 15 is 0 Å². The molecule has 0 atom stereocenters. The van der Waals surface area contributed by atoms with Crippen molar-refractivity contribution in [1.82, 2.24) is 0 Å². The standard InChI is InChI=1S/C54H40/c1-53(2)48-31-36(35-25-29-47-46(30-35)45-28-22-33-14-8-9-17-38(33)52(45)54(47,3)4)23-26-39(48)40-27-24-37(32-49(40)53)51-43-20-12-10-18-41(43)50(34-15-6-5-7-16-34)42-19-11-13-21-44(42)51/h5-32H,1-4H3. The lowest BCUT2D eigenvalue weighted by atomic mass is 9.79. The highest BCUT2D eigenvalue weighted by molar-refractivity contribution is 6.21. The van der Waals surface area contributed by atoms with E-state index in [4.69, 9.17) is 0 Å². The summed E-state index contributed by atoms with van der Waals surface area (Å²) in [6, 6.07) is 63.8. The largest absolute Gasteiger partial charge is 0.0622 e. The van der Waals surface area contributed by atoms with Crippen LogP contribution in [0.25, 0.3) is 88.0 Å². The molecule has 9 aromatic carbocycles. The van der Waals surface area contributed by atoms with Gasteiger partial charge in [0.2, 0.25) is 0 Å². The van der Waals surface area contributed by atoms with E-state index < -0.39 is 0 Å². The van der Waals surface area contributed by atoms with Gasteiger partial charge in [-0.15, -0.1) is 0 Å². The van der Waals surface area contributed by atoms with Crippen LogP contribution < -0.4 is 0 Å². The Kier molecular flexibility index (Phi) is 6.46. The van der Waals surface area contributed by atoms with Crippen LogP contribution in [0.3, 0.4) is 0 Å². The third-order valence-electron chi connectivity index (χ3n) is 12.8. The summed E-state index contributed by atoms with van der Waals surface area (Å²) < 4.78 is 0. The third-order valence-corrected chi connectivity index (χ3v) is 12.8. The molecule has 0 aliphatic heterocycles. The number of hydrogen-bond acceptors (Lipinski definition) is 0. The van der Waals surface area contributed by atoms with Crippen LogP contribution in [0.5, 0.6) is 0 Å². The summed E-state index contributed by atoms with van der Waals surface area (Å²) in [4.78, 5) is 0. The van der Waals surface area contributed by atoms with E-state index in [1.54, 1.807) is 0 Å². The summed E-state index contributed by atoms with van der Waals surface area (Å²) in [6.45, 7) is 9.59. The van der Waals surface area contributed by atoms with Crippen LogP contribution >= 0.6 is 0 Å². The molecule has 0 aromatic heterocycles. The molecule has 2 aliphatic rings. The van der Waals surface area contributed by atoms with E-state index in [1.807, 2.05) is 0 Å². The third kappa shape index (κ3) is 4.26. The molecule has 9 aromatic rings. The van der Waals surface area contributed by atoms with Crippen LogP contribution in [0.15, 0.2) is 170 Å². The van der Waals surface area contributed by atoms with Crippen molar-refractivity contribution in [1.29, 1.82) is 0 Å². The van der Waals surface area contributed by atoms with Crippen molar-refractivity contribution in [3.63, 3.8) is 0 Å². The topological polar surface area (TPSA) is 0 Å². The van der Waals surface area contributed by atoms with Crippen molar-refractivity contribution >= 4 is 32.3 Å². The van der Waals surface area contributed by atoms with Gasteiger partial charge in [0, 0.05) is 10.8 Å². The summed E-state index contributed by atoms with van der Waals surface area (Å²) in [7, 11) is 0. The minimum absolute atomic E-state index is 0.0537. The molecule has 2 aliphatic carbocycles. The smallest absolute Gasteiger partial charge is 0.0165 e. The first kappa shape index (κ1) is 31.3. The second kappa shape index (κ2) is 11.1. The second-order valence-corrected chi connectivity index (χ2v) is 16.4. The number of hydrogen-bond donors (Lipinski definition) is 0. The molecular formula is C54H40. The van der Waals surface area contributed by atoms with Gasteiger partial charge in [-0.3, -0.25) is 0 Å². The molecule has 0 heteroatoms. The van der Waals surface area contributed by atoms with Crippen LogP contribution in [0.4, 0.5) is 0 Å². The minimum Gasteiger partial charge on any atom is -0.0622 e. The van der Waals surface area contributed by atoms with Gasteiger partial charge < -0.3 is 0 Å². The fourth-order valence-electron chi connectivity index (χ4n) is 10.2. The lowest BCUT2D eigenvalue weighted by molar-refractivity contribution is 0.661. The van der Waals surface area contributed by atoms with Crippen molar-refractivity contribution in [3.8, 4) is 55.6 Å². The van der Waals surface area contributed by atoms with E-state index in [2.05, 4.69) is 198 Å². The van der Waals surface area contributed by atoms with Gasteiger partial charge in [0.25, 0.3) is 0 Å². The minimum atomic E-state index is -0.156. The van der Waals surface area contributed by atoms with Crippen LogP contribution in [0, 0.1) is 0 Å². The van der Waals surface area contributed by atoms with Gasteiger partial charge in [0.15, 0.2) is 0 Å². The van der Waals surface area contributed by atoms with Crippen molar-refractivity contribution < 1.29 is 0 Å². The normalized spacial score (nSPS) is 14.6. The average Bonchev–Trinajstić information content (AvgIpc) is 3.58. The van der Waals surface area contributed by atoms with Gasteiger partial charge in [0.1, 0.15) is 0 Å². The van der Waals surface area contributed by atoms with Crippen LogP contribution in [0.2, 0.25) is 0 Å². The van der Waals surface area contributed by atoms with Gasteiger partial charge in [0.05, 0.1) is 0 Å². The summed E-state index contributed by atoms with van der Waals surface area (Å²) >= 11 is 0. The van der Waals surface area contributed by atoms with E-state index in [1.165, 1.54) is 110 Å². The van der Waals surface area contributed by atoms with E-state index in [9.17, 15) is 0 Å². The molecule has 0 nitrogen and oxygen atoms in total. The molecule has 0 N–H and O–H groups in total. The molecule has 0 spiro atoms. The van der Waals surface area contributed by atoms with Crippen molar-refractivity contribution in [2.75, 3.05) is 0 Å². The first-order valence-corrected chi connectivity index (χ1v) is 19.3. The summed E-state index contributed by atoms with van der Waals surface area (Å²) in [6.07, 6.45) is 0. The Labute approximate surface area is 317 Å². The Bertz CT molecular complexity index is 2970. The lowest BCUT2D eigenvalue weighted by Gasteiger charge is -2.24. The maximum atomic E-state index is 2.49. The number of rotatable bonds is 3. The predicted octanol–water partition coefficient (Wildman–Crippen LogP) is 14.8. The number of fused-ring (bicyclic) bond motifs is 10. The molecule has 256 valence electrons. The fourth-order valence-corrected chi connectivity index (χ4v) is 10.2. The van der Waals surface area contributed by atoms with Crippen LogP contribution in [-0.4, -0.2) is 0 Å². The number of benzene rings is 9. The second-order valence-electron chi connectivity index (χ2n) is 16.4. The Morgan fingerprint density at radius 3 is 1.43 bits per heavy atom. The highest BCUT2D eigenvalue weighted by Gasteiger charge is 2.38. The van der Waals surface area contributed by atoms with E-state index in [0.29, 0.717) is 0 Å². The van der Waals surface area contributed by atoms with Crippen LogP contribution in [0.1, 0.15) is 49.9 Å². The van der Waals surface area contributed by atoms with E-state index in [0.717, 1.165) is 0 Å². The molecular weight excluding hydrogens is 649 g/mol. The van der Waals surface area contributed by atoms with Gasteiger partial charge >= 0.3 is 0 Å².